The van der Waals surface area contributed by atoms with E-state index >= 15 is 0 Å². The fourth-order valence-electron chi connectivity index (χ4n) is 1.64. The summed E-state index contributed by atoms with van der Waals surface area (Å²) in [5, 5.41) is 0. The van der Waals surface area contributed by atoms with E-state index in [1.54, 1.807) is 24.3 Å². The lowest BCUT2D eigenvalue weighted by Gasteiger charge is -2.09. The van der Waals surface area contributed by atoms with Gasteiger partial charge < -0.3 is 15.2 Å². The molecule has 0 heterocycles. The average Bonchev–Trinajstić information content (AvgIpc) is 2.45. The zero-order valence-corrected chi connectivity index (χ0v) is 11.8. The largest absolute Gasteiger partial charge is 0.490 e. The first kappa shape index (κ1) is 15.2. The fraction of sp³-hybridized carbons (Fsp3) is 0.133. The van der Waals surface area contributed by atoms with Crippen LogP contribution < -0.4 is 15.2 Å². The van der Waals surface area contributed by atoms with E-state index in [4.69, 9.17) is 27.4 Å². The van der Waals surface area contributed by atoms with E-state index in [9.17, 15) is 8.78 Å². The summed E-state index contributed by atoms with van der Waals surface area (Å²) in [7, 11) is 0. The zero-order valence-electron chi connectivity index (χ0n) is 11.0. The second-order valence-electron chi connectivity index (χ2n) is 4.16. The van der Waals surface area contributed by atoms with Gasteiger partial charge in [-0.2, -0.15) is 0 Å². The van der Waals surface area contributed by atoms with Crippen molar-refractivity contribution in [3.8, 4) is 11.5 Å². The molecular weight excluding hydrogens is 296 g/mol. The Balaban J connectivity index is 1.84. The number of nitrogens with two attached hydrogens (primary N) is 1. The number of hydrogen-bond acceptors (Lipinski definition) is 3. The molecule has 0 spiro atoms. The first-order valence-electron chi connectivity index (χ1n) is 6.17. The number of halogens is 2. The van der Waals surface area contributed by atoms with Crippen LogP contribution in [0.3, 0.4) is 0 Å². The summed E-state index contributed by atoms with van der Waals surface area (Å²) in [6.45, 7) is 0.331. The van der Waals surface area contributed by atoms with Crippen LogP contribution in [0.4, 0.5) is 8.78 Å². The Kier molecular flexibility index (Phi) is 5.05. The molecule has 0 unspecified atom stereocenters. The number of hydrogen-bond donors (Lipinski definition) is 1. The molecule has 0 radical (unpaired) electrons. The van der Waals surface area contributed by atoms with Crippen molar-refractivity contribution in [2.24, 2.45) is 5.73 Å². The van der Waals surface area contributed by atoms with E-state index in [0.717, 1.165) is 12.1 Å². The molecule has 21 heavy (non-hydrogen) atoms. The first-order valence-corrected chi connectivity index (χ1v) is 6.57. The van der Waals surface area contributed by atoms with E-state index in [-0.39, 0.29) is 24.0 Å². The second kappa shape index (κ2) is 6.99. The predicted octanol–water partition coefficient (Wildman–Crippen LogP) is 3.06. The van der Waals surface area contributed by atoms with Crippen molar-refractivity contribution in [2.75, 3.05) is 13.2 Å². The molecule has 0 amide bonds. The summed E-state index contributed by atoms with van der Waals surface area (Å²) in [6.07, 6.45) is 0. The molecule has 2 rings (SSSR count). The van der Waals surface area contributed by atoms with Gasteiger partial charge in [-0.3, -0.25) is 0 Å². The van der Waals surface area contributed by atoms with Crippen LogP contribution in [0, 0.1) is 11.6 Å². The van der Waals surface area contributed by atoms with Crippen molar-refractivity contribution in [1.29, 1.82) is 0 Å². The summed E-state index contributed by atoms with van der Waals surface area (Å²) >= 11 is 4.87. The maximum Gasteiger partial charge on any atom is 0.167 e. The van der Waals surface area contributed by atoms with Gasteiger partial charge in [0, 0.05) is 11.6 Å². The predicted molar refractivity (Wildman–Crippen MR) is 79.7 cm³/mol. The Labute approximate surface area is 126 Å². The van der Waals surface area contributed by atoms with Crippen LogP contribution in [-0.2, 0) is 0 Å². The van der Waals surface area contributed by atoms with Crippen molar-refractivity contribution in [3.63, 3.8) is 0 Å². The normalized spacial score (nSPS) is 10.2. The van der Waals surface area contributed by atoms with Crippen LogP contribution in [0.5, 0.6) is 11.5 Å². The molecule has 2 aromatic rings. The van der Waals surface area contributed by atoms with Crippen LogP contribution in [0.25, 0.3) is 0 Å². The number of ether oxygens (including phenoxy) is 2. The van der Waals surface area contributed by atoms with Gasteiger partial charge in [-0.05, 0) is 24.3 Å². The molecule has 2 N–H and O–H groups in total. The topological polar surface area (TPSA) is 44.5 Å². The van der Waals surface area contributed by atoms with Gasteiger partial charge in [-0.25, -0.2) is 8.78 Å². The Morgan fingerprint density at radius 1 is 1.05 bits per heavy atom. The lowest BCUT2D eigenvalue weighted by Crippen LogP contribution is -2.11. The maximum absolute atomic E-state index is 13.3. The molecule has 0 aromatic heterocycles. The molecule has 0 atom stereocenters. The summed E-state index contributed by atoms with van der Waals surface area (Å²) < 4.78 is 36.6. The van der Waals surface area contributed by atoms with E-state index in [0.29, 0.717) is 11.3 Å². The van der Waals surface area contributed by atoms with Gasteiger partial charge in [-0.15, -0.1) is 0 Å². The summed E-state index contributed by atoms with van der Waals surface area (Å²) in [4.78, 5) is 0.282. The molecule has 3 nitrogen and oxygen atoms in total. The van der Waals surface area contributed by atoms with E-state index in [1.807, 2.05) is 0 Å². The number of rotatable bonds is 6. The average molecular weight is 309 g/mol. The minimum Gasteiger partial charge on any atom is -0.490 e. The Morgan fingerprint density at radius 2 is 1.81 bits per heavy atom. The van der Waals surface area contributed by atoms with E-state index in [1.165, 1.54) is 6.07 Å². The standard InChI is InChI=1S/C15H13F2NO2S/c16-11-4-5-14(13(17)9-11)20-7-6-19-12-3-1-2-10(8-12)15(18)21/h1-5,8-9H,6-7H2,(H2,18,21). The SMILES string of the molecule is NC(=S)c1cccc(OCCOc2ccc(F)cc2F)c1. The second-order valence-corrected chi connectivity index (χ2v) is 4.60. The third kappa shape index (κ3) is 4.39. The lowest BCUT2D eigenvalue weighted by molar-refractivity contribution is 0.211. The summed E-state index contributed by atoms with van der Waals surface area (Å²) in [6, 6.07) is 10.1. The lowest BCUT2D eigenvalue weighted by atomic mass is 10.2. The molecule has 0 saturated carbocycles. The van der Waals surface area contributed by atoms with Crippen molar-refractivity contribution < 1.29 is 18.3 Å². The molecule has 2 aromatic carbocycles. The highest BCUT2D eigenvalue weighted by Crippen LogP contribution is 2.18. The molecule has 0 aliphatic carbocycles. The van der Waals surface area contributed by atoms with Crippen molar-refractivity contribution >= 4 is 17.2 Å². The van der Waals surface area contributed by atoms with E-state index in [2.05, 4.69) is 0 Å². The van der Waals surface area contributed by atoms with Crippen LogP contribution in [0.1, 0.15) is 5.56 Å². The van der Waals surface area contributed by atoms with Gasteiger partial charge in [0.2, 0.25) is 0 Å². The molecule has 0 aliphatic heterocycles. The van der Waals surface area contributed by atoms with Gasteiger partial charge in [0.05, 0.1) is 0 Å². The van der Waals surface area contributed by atoms with Crippen LogP contribution in [0.2, 0.25) is 0 Å². The summed E-state index contributed by atoms with van der Waals surface area (Å²) in [5.41, 5.74) is 6.22. The molecule has 6 heteroatoms. The van der Waals surface area contributed by atoms with Crippen LogP contribution in [-0.4, -0.2) is 18.2 Å². The molecule has 0 fully saturated rings. The highest BCUT2D eigenvalue weighted by atomic mass is 32.1. The van der Waals surface area contributed by atoms with E-state index < -0.39 is 11.6 Å². The van der Waals surface area contributed by atoms with Gasteiger partial charge in [0.25, 0.3) is 0 Å². The van der Waals surface area contributed by atoms with Crippen LogP contribution >= 0.6 is 12.2 Å². The highest BCUT2D eigenvalue weighted by Gasteiger charge is 2.05. The quantitative estimate of drug-likeness (QED) is 0.658. The molecule has 0 aliphatic rings. The zero-order chi connectivity index (χ0) is 15.2. The van der Waals surface area contributed by atoms with Gasteiger partial charge in [0.1, 0.15) is 29.8 Å². The van der Waals surface area contributed by atoms with Crippen LogP contribution in [0.15, 0.2) is 42.5 Å². The van der Waals surface area contributed by atoms with Gasteiger partial charge >= 0.3 is 0 Å². The van der Waals surface area contributed by atoms with Crippen molar-refractivity contribution in [2.45, 2.75) is 0 Å². The molecular formula is C15H13F2NO2S. The Hall–Kier alpha value is -2.21. The molecule has 0 saturated heterocycles. The van der Waals surface area contributed by atoms with Gasteiger partial charge in [0.15, 0.2) is 11.6 Å². The third-order valence-corrected chi connectivity index (χ3v) is 2.86. The Bertz CT molecular complexity index is 649. The third-order valence-electron chi connectivity index (χ3n) is 2.62. The fourth-order valence-corrected chi connectivity index (χ4v) is 1.77. The van der Waals surface area contributed by atoms with Crippen molar-refractivity contribution in [3.05, 3.63) is 59.7 Å². The monoisotopic (exact) mass is 309 g/mol. The minimum absolute atomic E-state index is 0.0168. The number of benzene rings is 2. The molecule has 0 bridgehead atoms. The molecule has 110 valence electrons. The highest BCUT2D eigenvalue weighted by molar-refractivity contribution is 7.80. The summed E-state index contributed by atoms with van der Waals surface area (Å²) in [5.74, 6) is -0.823. The smallest absolute Gasteiger partial charge is 0.167 e. The van der Waals surface area contributed by atoms with Crippen molar-refractivity contribution in [1.82, 2.24) is 0 Å². The maximum atomic E-state index is 13.3. The number of thiocarbonyl (C=S) groups is 1. The first-order chi connectivity index (χ1) is 10.1. The van der Waals surface area contributed by atoms with Gasteiger partial charge in [-0.1, -0.05) is 24.4 Å². The minimum atomic E-state index is -0.745. The Morgan fingerprint density at radius 3 is 2.52 bits per heavy atom.